The van der Waals surface area contributed by atoms with E-state index in [4.69, 9.17) is 0 Å². The van der Waals surface area contributed by atoms with Crippen LogP contribution in [0.3, 0.4) is 0 Å². The first kappa shape index (κ1) is 19.8. The predicted octanol–water partition coefficient (Wildman–Crippen LogP) is 1.75. The number of piperidine rings is 1. The van der Waals surface area contributed by atoms with E-state index in [1.165, 1.54) is 12.8 Å². The van der Waals surface area contributed by atoms with Crippen molar-refractivity contribution in [2.45, 2.75) is 58.9 Å². The van der Waals surface area contributed by atoms with Crippen LogP contribution in [0.1, 0.15) is 68.2 Å². The molecule has 0 bridgehead atoms. The molecule has 7 nitrogen and oxygen atoms in total. The molecule has 1 aliphatic heterocycles. The number of nitrogens with zero attached hydrogens (tertiary/aromatic N) is 4. The van der Waals surface area contributed by atoms with Crippen LogP contribution in [0, 0.1) is 6.92 Å². The monoisotopic (exact) mass is 350 g/mol. The molecule has 1 aromatic heterocycles. The zero-order chi connectivity index (χ0) is 18.1. The minimum Gasteiger partial charge on any atom is -0.351 e. The van der Waals surface area contributed by atoms with Gasteiger partial charge in [0.1, 0.15) is 0 Å². The maximum absolute atomic E-state index is 12.4. The van der Waals surface area contributed by atoms with Crippen LogP contribution in [0.15, 0.2) is 0 Å². The average molecular weight is 351 g/mol. The fourth-order valence-electron chi connectivity index (χ4n) is 3.50. The fourth-order valence-corrected chi connectivity index (χ4v) is 3.50. The first-order chi connectivity index (χ1) is 12.2. The van der Waals surface area contributed by atoms with Crippen LogP contribution in [-0.4, -0.2) is 65.1 Å². The Labute approximate surface area is 151 Å². The molecule has 7 heteroatoms. The fraction of sp³-hybridized carbons (Fsp3) is 0.833. The number of carbonyl (C=O) groups excluding carboxylic acids is 1. The Bertz CT molecular complexity index is 518. The molecule has 2 rings (SSSR count). The molecule has 2 heterocycles. The Morgan fingerprint density at radius 1 is 1.24 bits per heavy atom. The van der Waals surface area contributed by atoms with Gasteiger partial charge in [-0.25, -0.2) is 4.68 Å². The lowest BCUT2D eigenvalue weighted by atomic mass is 10.1. The third-order valence-corrected chi connectivity index (χ3v) is 4.81. The van der Waals surface area contributed by atoms with Crippen LogP contribution in [0.4, 0.5) is 0 Å². The molecule has 1 amide bonds. The molecule has 0 radical (unpaired) electrons. The van der Waals surface area contributed by atoms with E-state index < -0.39 is 0 Å². The first-order valence-electron chi connectivity index (χ1n) is 9.80. The quantitative estimate of drug-likeness (QED) is 0.629. The number of carbonyl (C=O) groups is 1. The van der Waals surface area contributed by atoms with Gasteiger partial charge < -0.3 is 15.5 Å². The van der Waals surface area contributed by atoms with Crippen LogP contribution in [0.2, 0.25) is 0 Å². The summed E-state index contributed by atoms with van der Waals surface area (Å²) in [6, 6.07) is 0.354. The van der Waals surface area contributed by atoms with Gasteiger partial charge in [-0.05, 0) is 71.8 Å². The maximum Gasteiger partial charge on any atom is 0.273 e. The van der Waals surface area contributed by atoms with Crippen molar-refractivity contribution in [2.24, 2.45) is 0 Å². The summed E-state index contributed by atoms with van der Waals surface area (Å²) in [5, 5.41) is 14.7. The number of aromatic nitrogens is 3. The van der Waals surface area contributed by atoms with Gasteiger partial charge in [0, 0.05) is 6.54 Å². The van der Waals surface area contributed by atoms with E-state index in [1.54, 1.807) is 0 Å². The van der Waals surface area contributed by atoms with Crippen molar-refractivity contribution in [3.05, 3.63) is 11.4 Å². The van der Waals surface area contributed by atoms with Crippen molar-refractivity contribution < 1.29 is 4.79 Å². The zero-order valence-corrected chi connectivity index (χ0v) is 16.1. The largest absolute Gasteiger partial charge is 0.351 e. The van der Waals surface area contributed by atoms with E-state index in [9.17, 15) is 4.79 Å². The molecular weight excluding hydrogens is 316 g/mol. The summed E-state index contributed by atoms with van der Waals surface area (Å²) in [6.45, 7) is 12.3. The van der Waals surface area contributed by atoms with Gasteiger partial charge in [0.2, 0.25) is 0 Å². The molecule has 0 atom stereocenters. The molecule has 1 aromatic rings. The molecule has 2 N–H and O–H groups in total. The second kappa shape index (κ2) is 10.5. The third kappa shape index (κ3) is 5.78. The second-order valence-electron chi connectivity index (χ2n) is 6.90. The summed E-state index contributed by atoms with van der Waals surface area (Å²) in [5.74, 6) is -0.102. The lowest BCUT2D eigenvalue weighted by Gasteiger charge is -2.23. The summed E-state index contributed by atoms with van der Waals surface area (Å²) < 4.78 is 1.93. The van der Waals surface area contributed by atoms with Gasteiger partial charge in [-0.3, -0.25) is 4.79 Å². The minimum atomic E-state index is -0.102. The van der Waals surface area contributed by atoms with Crippen LogP contribution in [0.5, 0.6) is 0 Å². The van der Waals surface area contributed by atoms with Gasteiger partial charge in [0.15, 0.2) is 5.69 Å². The Morgan fingerprint density at radius 3 is 2.56 bits per heavy atom. The van der Waals surface area contributed by atoms with Crippen molar-refractivity contribution >= 4 is 5.91 Å². The lowest BCUT2D eigenvalue weighted by Crippen LogP contribution is -2.32. The predicted molar refractivity (Wildman–Crippen MR) is 99.9 cm³/mol. The van der Waals surface area contributed by atoms with Gasteiger partial charge in [0.05, 0.1) is 11.7 Å². The number of hydrogen-bond acceptors (Lipinski definition) is 5. The normalized spacial score (nSPS) is 15.7. The number of rotatable bonds is 10. The van der Waals surface area contributed by atoms with Gasteiger partial charge in [-0.2, -0.15) is 0 Å². The highest BCUT2D eigenvalue weighted by Gasteiger charge is 2.22. The molecule has 1 fully saturated rings. The van der Waals surface area contributed by atoms with Crippen molar-refractivity contribution in [1.82, 2.24) is 30.5 Å². The number of nitrogens with one attached hydrogen (secondary N) is 2. The molecule has 0 saturated carbocycles. The molecular formula is C18H34N6O. The van der Waals surface area contributed by atoms with Gasteiger partial charge >= 0.3 is 0 Å². The van der Waals surface area contributed by atoms with E-state index in [0.29, 0.717) is 18.3 Å². The van der Waals surface area contributed by atoms with Crippen molar-refractivity contribution in [3.8, 4) is 0 Å². The van der Waals surface area contributed by atoms with E-state index in [-0.39, 0.29) is 5.91 Å². The standard InChI is InChI=1S/C18H34N6O/c1-4-12-23(13-5-2)14-6-9-20-18(25)17-15(3)24(22-21-17)16-7-10-19-11-8-16/h16,19H,4-14H2,1-3H3,(H,20,25). The highest BCUT2D eigenvalue weighted by atomic mass is 16.2. The summed E-state index contributed by atoms with van der Waals surface area (Å²) in [5.41, 5.74) is 1.35. The first-order valence-corrected chi connectivity index (χ1v) is 9.80. The van der Waals surface area contributed by atoms with E-state index >= 15 is 0 Å². The SMILES string of the molecule is CCCN(CCC)CCCNC(=O)c1nnn(C2CCNCC2)c1C. The average Bonchev–Trinajstić information content (AvgIpc) is 3.01. The van der Waals surface area contributed by atoms with Gasteiger partial charge in [-0.1, -0.05) is 19.1 Å². The van der Waals surface area contributed by atoms with E-state index in [2.05, 4.69) is 39.7 Å². The Kier molecular flexibility index (Phi) is 8.34. The summed E-state index contributed by atoms with van der Waals surface area (Å²) >= 11 is 0. The summed E-state index contributed by atoms with van der Waals surface area (Å²) in [6.07, 6.45) is 5.38. The van der Waals surface area contributed by atoms with Crippen molar-refractivity contribution in [2.75, 3.05) is 39.3 Å². The Balaban J connectivity index is 1.80. The Hall–Kier alpha value is -1.47. The van der Waals surface area contributed by atoms with Crippen LogP contribution in [0.25, 0.3) is 0 Å². The molecule has 1 saturated heterocycles. The molecule has 142 valence electrons. The molecule has 0 spiro atoms. The van der Waals surface area contributed by atoms with Crippen LogP contribution >= 0.6 is 0 Å². The molecule has 0 aliphatic carbocycles. The topological polar surface area (TPSA) is 75.1 Å². The van der Waals surface area contributed by atoms with Gasteiger partial charge in [-0.15, -0.1) is 5.10 Å². The molecule has 1 aliphatic rings. The lowest BCUT2D eigenvalue weighted by molar-refractivity contribution is 0.0945. The Morgan fingerprint density at radius 2 is 1.92 bits per heavy atom. The molecule has 0 aromatic carbocycles. The smallest absolute Gasteiger partial charge is 0.273 e. The zero-order valence-electron chi connectivity index (χ0n) is 16.1. The van der Waals surface area contributed by atoms with Crippen LogP contribution < -0.4 is 10.6 Å². The summed E-state index contributed by atoms with van der Waals surface area (Å²) in [7, 11) is 0. The minimum absolute atomic E-state index is 0.102. The van der Waals surface area contributed by atoms with Crippen LogP contribution in [-0.2, 0) is 0 Å². The van der Waals surface area contributed by atoms with E-state index in [0.717, 1.165) is 57.7 Å². The molecule has 0 unspecified atom stereocenters. The highest BCUT2D eigenvalue weighted by molar-refractivity contribution is 5.93. The van der Waals surface area contributed by atoms with Crippen molar-refractivity contribution in [1.29, 1.82) is 0 Å². The second-order valence-corrected chi connectivity index (χ2v) is 6.90. The maximum atomic E-state index is 12.4. The van der Waals surface area contributed by atoms with Crippen molar-refractivity contribution in [3.63, 3.8) is 0 Å². The number of amides is 1. The van der Waals surface area contributed by atoms with Gasteiger partial charge in [0.25, 0.3) is 5.91 Å². The summed E-state index contributed by atoms with van der Waals surface area (Å²) in [4.78, 5) is 14.9. The van der Waals surface area contributed by atoms with E-state index in [1.807, 2.05) is 11.6 Å². The highest BCUT2D eigenvalue weighted by Crippen LogP contribution is 2.20. The number of hydrogen-bond donors (Lipinski definition) is 2. The molecule has 25 heavy (non-hydrogen) atoms. The third-order valence-electron chi connectivity index (χ3n) is 4.81.